The van der Waals surface area contributed by atoms with Gasteiger partial charge in [-0.15, -0.1) is 0 Å². The van der Waals surface area contributed by atoms with Crippen molar-refractivity contribution in [2.24, 2.45) is 0 Å². The normalized spacial score (nSPS) is 14.8. The molecule has 0 spiro atoms. The largest absolute Gasteiger partial charge is 0.472 e. The number of carbonyl (C=O) groups excluding carboxylic acids is 4. The minimum Gasteiger partial charge on any atom is -0.462 e. The van der Waals surface area contributed by atoms with Gasteiger partial charge in [-0.3, -0.25) is 37.3 Å². The molecule has 0 aromatic carbocycles. The molecule has 0 aromatic heterocycles. The molecule has 5 atom stereocenters. The summed E-state index contributed by atoms with van der Waals surface area (Å²) in [6, 6.07) is 0. The van der Waals surface area contributed by atoms with Gasteiger partial charge in [0.1, 0.15) is 19.3 Å². The third kappa shape index (κ3) is 80.0. The topological polar surface area (TPSA) is 237 Å². The smallest absolute Gasteiger partial charge is 0.462 e. The number of hydrogen-bond donors (Lipinski definition) is 3. The molecule has 0 rings (SSSR count). The minimum absolute atomic E-state index is 0.0249. The van der Waals surface area contributed by atoms with Crippen LogP contribution >= 0.6 is 15.6 Å². The Hall–Kier alpha value is -6.10. The van der Waals surface area contributed by atoms with Gasteiger partial charge in [-0.05, 0) is 173 Å². The van der Waals surface area contributed by atoms with Crippen LogP contribution in [0.2, 0.25) is 0 Å². The molecule has 110 heavy (non-hydrogen) atoms. The monoisotopic (exact) mass is 1570 g/mol. The minimum atomic E-state index is -5.03. The molecular formula is C91H146O17P2. The van der Waals surface area contributed by atoms with Crippen molar-refractivity contribution in [1.29, 1.82) is 0 Å². The van der Waals surface area contributed by atoms with Crippen molar-refractivity contribution < 1.29 is 80.2 Å². The van der Waals surface area contributed by atoms with Crippen molar-refractivity contribution in [2.45, 2.75) is 316 Å². The van der Waals surface area contributed by atoms with E-state index in [1.165, 1.54) is 77.0 Å². The van der Waals surface area contributed by atoms with Crippen LogP contribution in [0.15, 0.2) is 194 Å². The number of aliphatic hydroxyl groups is 1. The highest BCUT2D eigenvalue weighted by molar-refractivity contribution is 7.47. The predicted molar refractivity (Wildman–Crippen MR) is 454 cm³/mol. The zero-order valence-corrected chi connectivity index (χ0v) is 69.9. The summed E-state index contributed by atoms with van der Waals surface area (Å²) in [7, 11) is -10.0. The maximum atomic E-state index is 13.1. The molecule has 19 heteroatoms. The van der Waals surface area contributed by atoms with Crippen LogP contribution in [0.3, 0.4) is 0 Å². The Morgan fingerprint density at radius 3 is 0.782 bits per heavy atom. The van der Waals surface area contributed by atoms with E-state index in [1.54, 1.807) is 0 Å². The maximum Gasteiger partial charge on any atom is 0.472 e. The van der Waals surface area contributed by atoms with Crippen LogP contribution in [0, 0.1) is 0 Å². The molecule has 0 aliphatic heterocycles. The summed E-state index contributed by atoms with van der Waals surface area (Å²) in [5.41, 5.74) is 0. The number of rotatable bonds is 76. The number of esters is 4. The van der Waals surface area contributed by atoms with Crippen molar-refractivity contribution in [2.75, 3.05) is 39.6 Å². The van der Waals surface area contributed by atoms with Crippen LogP contribution in [0.5, 0.6) is 0 Å². The van der Waals surface area contributed by atoms with Gasteiger partial charge in [-0.25, -0.2) is 9.13 Å². The number of aliphatic hydroxyl groups excluding tert-OH is 1. The van der Waals surface area contributed by atoms with Crippen molar-refractivity contribution in [3.05, 3.63) is 194 Å². The van der Waals surface area contributed by atoms with E-state index in [1.807, 2.05) is 48.6 Å². The Bertz CT molecular complexity index is 2850. The molecule has 0 heterocycles. The first-order valence-electron chi connectivity index (χ1n) is 41.7. The van der Waals surface area contributed by atoms with Crippen LogP contribution in [-0.2, 0) is 65.4 Å². The highest BCUT2D eigenvalue weighted by Gasteiger charge is 2.30. The Labute approximate surface area is 666 Å². The van der Waals surface area contributed by atoms with E-state index >= 15 is 0 Å². The van der Waals surface area contributed by atoms with E-state index in [-0.39, 0.29) is 25.7 Å². The number of ether oxygens (including phenoxy) is 4. The van der Waals surface area contributed by atoms with E-state index < -0.39 is 97.5 Å². The quantitative estimate of drug-likeness (QED) is 0.0169. The summed E-state index contributed by atoms with van der Waals surface area (Å²) in [4.78, 5) is 73.1. The third-order valence-corrected chi connectivity index (χ3v) is 18.4. The van der Waals surface area contributed by atoms with Gasteiger partial charge in [0.05, 0.1) is 26.4 Å². The summed E-state index contributed by atoms with van der Waals surface area (Å²) >= 11 is 0. The molecule has 3 N–H and O–H groups in total. The number of carbonyl (C=O) groups is 4. The lowest BCUT2D eigenvalue weighted by Gasteiger charge is -2.21. The maximum absolute atomic E-state index is 13.1. The fourth-order valence-corrected chi connectivity index (χ4v) is 11.7. The SMILES string of the molecule is CCCCC/C=C\C/C=C\C/C=C\C/C=C\C/C=C\CCC(=O)OC[C@H](COP(=O)(O)OC[C@@H](O)COP(=O)(O)OC[C@@H](COC(=O)CCC/C=C\C/C=C\C/C=C\C/C=C\CCCCC)OC(=O)CC/C=C\C/C=C\C/C=C\C/C=C\C/C=C\CCCCC)OC(=O)CCCCCCC/C=C\C/C=C\CCCCC. The van der Waals surface area contributed by atoms with Gasteiger partial charge < -0.3 is 33.8 Å². The first-order chi connectivity index (χ1) is 53.7. The van der Waals surface area contributed by atoms with Gasteiger partial charge in [0.2, 0.25) is 0 Å². The van der Waals surface area contributed by atoms with E-state index in [0.29, 0.717) is 44.9 Å². The Kier molecular flexibility index (Phi) is 76.4. The molecule has 0 fully saturated rings. The fourth-order valence-electron chi connectivity index (χ4n) is 10.1. The van der Waals surface area contributed by atoms with E-state index in [2.05, 4.69) is 174 Å². The van der Waals surface area contributed by atoms with Gasteiger partial charge in [-0.2, -0.15) is 0 Å². The van der Waals surface area contributed by atoms with E-state index in [4.69, 9.17) is 37.0 Å². The van der Waals surface area contributed by atoms with Crippen LogP contribution in [0.1, 0.15) is 297 Å². The van der Waals surface area contributed by atoms with Crippen LogP contribution < -0.4 is 0 Å². The zero-order chi connectivity index (χ0) is 80.3. The standard InChI is InChI=1S/C91H146O17P2/c1-5-9-13-17-21-25-29-33-37-40-42-45-49-52-56-60-64-68-72-76-89(94)102-81-86(107-90(95)77-73-69-65-61-57-53-47-36-32-28-24-20-16-12-8-4)83-105-109(97,98)103-79-85(92)80-104-110(99,100)106-84-87(82-101-88(93)75-71-67-63-59-55-51-48-44-39-35-31-27-23-19-15-11-7-3)108-91(96)78-74-70-66-62-58-54-50-46-43-41-38-34-30-26-22-18-14-10-6-2/h21-28,33-39,42-43,45-48,51-52,54,56,58-59,63-64,66,68,70,85-87,92H,5-20,29-32,40-41,44,49-50,53,55,57,60-62,65,67,69,71-84H2,1-4H3,(H,97,98)(H,99,100)/b25-21-,26-22-,27-23-,28-24-,37-33-,38-34-,39-35-,45-42-,46-43-,47-36-,51-48-,56-52-,58-54-,63-59-,68-64-,70-66-/t85-,86-,87-/m1/s1. The predicted octanol–water partition coefficient (Wildman–Crippen LogP) is 24.9. The summed E-state index contributed by atoms with van der Waals surface area (Å²) in [6.07, 6.45) is 100. The number of allylic oxidation sites excluding steroid dienone is 32. The number of phosphoric ester groups is 2. The van der Waals surface area contributed by atoms with Gasteiger partial charge in [0.25, 0.3) is 0 Å². The van der Waals surface area contributed by atoms with E-state index in [9.17, 15) is 43.2 Å². The number of unbranched alkanes of at least 4 members (excludes halogenated alkanes) is 18. The molecule has 17 nitrogen and oxygen atoms in total. The van der Waals surface area contributed by atoms with Crippen LogP contribution in [0.25, 0.3) is 0 Å². The van der Waals surface area contributed by atoms with Crippen molar-refractivity contribution in [1.82, 2.24) is 0 Å². The zero-order valence-electron chi connectivity index (χ0n) is 68.1. The number of hydrogen-bond acceptors (Lipinski definition) is 15. The molecule has 0 aliphatic carbocycles. The first-order valence-corrected chi connectivity index (χ1v) is 44.7. The lowest BCUT2D eigenvalue weighted by atomic mass is 10.1. The van der Waals surface area contributed by atoms with E-state index in [0.717, 1.165) is 122 Å². The molecule has 0 aliphatic rings. The van der Waals surface area contributed by atoms with Gasteiger partial charge >= 0.3 is 39.5 Å². The molecule has 0 bridgehead atoms. The lowest BCUT2D eigenvalue weighted by molar-refractivity contribution is -0.161. The van der Waals surface area contributed by atoms with Gasteiger partial charge in [0.15, 0.2) is 12.2 Å². The summed E-state index contributed by atoms with van der Waals surface area (Å²) in [5.74, 6) is -2.47. The summed E-state index contributed by atoms with van der Waals surface area (Å²) < 4.78 is 68.5. The second kappa shape index (κ2) is 80.9. The molecule has 622 valence electrons. The highest BCUT2D eigenvalue weighted by Crippen LogP contribution is 2.45. The van der Waals surface area contributed by atoms with Crippen LogP contribution in [0.4, 0.5) is 0 Å². The Balaban J connectivity index is 5.59. The Morgan fingerprint density at radius 2 is 0.473 bits per heavy atom. The first kappa shape index (κ1) is 104. The molecule has 2 unspecified atom stereocenters. The highest BCUT2D eigenvalue weighted by atomic mass is 31.2. The second-order valence-electron chi connectivity index (χ2n) is 27.0. The molecule has 0 aromatic rings. The Morgan fingerprint density at radius 1 is 0.255 bits per heavy atom. The molecule has 0 radical (unpaired) electrons. The van der Waals surface area contributed by atoms with Crippen LogP contribution in [-0.4, -0.2) is 96.7 Å². The molecule has 0 amide bonds. The van der Waals surface area contributed by atoms with Crippen molar-refractivity contribution >= 4 is 39.5 Å². The number of phosphoric acid groups is 2. The third-order valence-electron chi connectivity index (χ3n) is 16.5. The molecular weight excluding hydrogens is 1430 g/mol. The lowest BCUT2D eigenvalue weighted by Crippen LogP contribution is -2.30. The van der Waals surface area contributed by atoms with Crippen molar-refractivity contribution in [3.8, 4) is 0 Å². The average molecular weight is 1570 g/mol. The molecule has 0 saturated carbocycles. The van der Waals surface area contributed by atoms with Crippen molar-refractivity contribution in [3.63, 3.8) is 0 Å². The van der Waals surface area contributed by atoms with Gasteiger partial charge in [-0.1, -0.05) is 293 Å². The average Bonchev–Trinajstić information content (AvgIpc) is 0.882. The second-order valence-corrected chi connectivity index (χ2v) is 29.9. The fraction of sp³-hybridized carbons (Fsp3) is 0.604. The molecule has 0 saturated heterocycles. The van der Waals surface area contributed by atoms with Gasteiger partial charge in [0, 0.05) is 25.7 Å². The summed E-state index contributed by atoms with van der Waals surface area (Å²) in [5, 5.41) is 10.7. The summed E-state index contributed by atoms with van der Waals surface area (Å²) in [6.45, 7) is 4.50.